The van der Waals surface area contributed by atoms with E-state index >= 15 is 0 Å². The maximum absolute atomic E-state index is 13.5. The molecule has 0 N–H and O–H groups in total. The van der Waals surface area contributed by atoms with Gasteiger partial charge in [0.05, 0.1) is 18.1 Å². The Morgan fingerprint density at radius 1 is 0.939 bits per heavy atom. The number of imidazole rings is 1. The maximum atomic E-state index is 13.5. The molecule has 2 saturated carbocycles. The summed E-state index contributed by atoms with van der Waals surface area (Å²) < 4.78 is 13.2. The number of likely N-dealkylation sites (tertiary alicyclic amines) is 1. The van der Waals surface area contributed by atoms with Crippen LogP contribution in [0.2, 0.25) is 0 Å². The van der Waals surface area contributed by atoms with Crippen molar-refractivity contribution in [3.63, 3.8) is 0 Å². The van der Waals surface area contributed by atoms with Crippen molar-refractivity contribution in [1.29, 1.82) is 0 Å². The van der Waals surface area contributed by atoms with Gasteiger partial charge < -0.3 is 9.47 Å². The van der Waals surface area contributed by atoms with Crippen LogP contribution < -0.4 is 0 Å². The summed E-state index contributed by atoms with van der Waals surface area (Å²) in [6, 6.07) is 20.5. The Bertz CT molecular complexity index is 1840. The number of aromatic nitrogens is 3. The number of aliphatic imine (C=N–C) groups is 1. The molecule has 254 valence electrons. The van der Waals surface area contributed by atoms with Gasteiger partial charge in [0.25, 0.3) is 0 Å². The van der Waals surface area contributed by atoms with Gasteiger partial charge in [0.2, 0.25) is 0 Å². The largest absolute Gasteiger partial charge is 0.464 e. The molecule has 0 radical (unpaired) electrons. The third-order valence-corrected chi connectivity index (χ3v) is 10.3. The number of benzene rings is 2. The monoisotopic (exact) mass is 661 g/mol. The number of nitrogens with zero attached hydrogens (tertiary/aromatic N) is 5. The van der Waals surface area contributed by atoms with Gasteiger partial charge in [-0.15, -0.1) is 0 Å². The van der Waals surface area contributed by atoms with Crippen molar-refractivity contribution in [2.45, 2.75) is 89.8 Å². The summed E-state index contributed by atoms with van der Waals surface area (Å²) in [5.74, 6) is 0.630. The van der Waals surface area contributed by atoms with Gasteiger partial charge in [0.15, 0.2) is 11.7 Å². The lowest BCUT2D eigenvalue weighted by Gasteiger charge is -2.44. The molecule has 1 aliphatic heterocycles. The van der Waals surface area contributed by atoms with E-state index in [-0.39, 0.29) is 37.1 Å². The lowest BCUT2D eigenvalue weighted by molar-refractivity contribution is -0.144. The van der Waals surface area contributed by atoms with Crippen LogP contribution in [0, 0.1) is 5.41 Å². The summed E-state index contributed by atoms with van der Waals surface area (Å²) in [7, 11) is 0. The summed E-state index contributed by atoms with van der Waals surface area (Å²) in [4.78, 5) is 55.8. The van der Waals surface area contributed by atoms with E-state index < -0.39 is 11.5 Å². The smallest absolute Gasteiger partial charge is 0.410 e. The summed E-state index contributed by atoms with van der Waals surface area (Å²) in [5.41, 5.74) is 4.56. The van der Waals surface area contributed by atoms with E-state index in [4.69, 9.17) is 19.5 Å². The molecule has 0 bridgehead atoms. The number of pyridine rings is 1. The van der Waals surface area contributed by atoms with E-state index in [0.717, 1.165) is 85.2 Å². The fraction of sp³-hybridized carbons (Fsp3) is 0.436. The zero-order valence-electron chi connectivity index (χ0n) is 28.1. The summed E-state index contributed by atoms with van der Waals surface area (Å²) in [5, 5.41) is 0. The van der Waals surface area contributed by atoms with E-state index in [1.807, 2.05) is 71.3 Å². The molecule has 3 fully saturated rings. The Hall–Kier alpha value is -4.86. The second kappa shape index (κ2) is 14.3. The zero-order valence-corrected chi connectivity index (χ0v) is 28.1. The van der Waals surface area contributed by atoms with Crippen LogP contribution in [-0.2, 0) is 32.1 Å². The molecular weight excluding hydrogens is 618 g/mol. The van der Waals surface area contributed by atoms with Gasteiger partial charge in [-0.1, -0.05) is 61.7 Å². The van der Waals surface area contributed by atoms with Gasteiger partial charge in [-0.3, -0.25) is 19.3 Å². The fourth-order valence-electron chi connectivity index (χ4n) is 7.68. The molecule has 2 aromatic heterocycles. The normalized spacial score (nSPS) is 20.3. The maximum Gasteiger partial charge on any atom is 0.410 e. The number of carbonyl (C=O) groups excluding carboxylic acids is 3. The number of amides is 1. The molecule has 1 saturated heterocycles. The van der Waals surface area contributed by atoms with Crippen LogP contribution in [0.3, 0.4) is 0 Å². The van der Waals surface area contributed by atoms with Gasteiger partial charge in [0, 0.05) is 37.0 Å². The highest BCUT2D eigenvalue weighted by Gasteiger charge is 2.52. The Balaban J connectivity index is 1.16. The van der Waals surface area contributed by atoms with Crippen molar-refractivity contribution in [1.82, 2.24) is 19.4 Å². The predicted molar refractivity (Wildman–Crippen MR) is 185 cm³/mol. The highest BCUT2D eigenvalue weighted by Crippen LogP contribution is 2.47. The molecule has 2 aliphatic carbocycles. The first-order chi connectivity index (χ1) is 24.0. The predicted octanol–water partition coefficient (Wildman–Crippen LogP) is 7.12. The minimum Gasteiger partial charge on any atom is -0.464 e. The highest BCUT2D eigenvalue weighted by atomic mass is 16.6. The van der Waals surface area contributed by atoms with E-state index in [2.05, 4.69) is 4.98 Å². The molecule has 4 aromatic rings. The molecular formula is C39H43N5O5. The summed E-state index contributed by atoms with van der Waals surface area (Å²) in [6.07, 6.45) is 9.53. The van der Waals surface area contributed by atoms with Gasteiger partial charge >= 0.3 is 12.1 Å². The number of hydrogen-bond acceptors (Lipinski definition) is 8. The Morgan fingerprint density at radius 3 is 2.49 bits per heavy atom. The summed E-state index contributed by atoms with van der Waals surface area (Å²) in [6.45, 7) is 2.85. The lowest BCUT2D eigenvalue weighted by Crippen LogP contribution is -2.52. The van der Waals surface area contributed by atoms with E-state index in [1.165, 1.54) is 0 Å². The van der Waals surface area contributed by atoms with Crippen LogP contribution in [0.4, 0.5) is 4.79 Å². The van der Waals surface area contributed by atoms with Crippen molar-refractivity contribution in [2.24, 2.45) is 10.4 Å². The molecule has 49 heavy (non-hydrogen) atoms. The lowest BCUT2D eigenvalue weighted by atomic mass is 9.58. The highest BCUT2D eigenvalue weighted by molar-refractivity contribution is 6.27. The van der Waals surface area contributed by atoms with Crippen molar-refractivity contribution in [3.05, 3.63) is 89.9 Å². The van der Waals surface area contributed by atoms with Gasteiger partial charge in [-0.05, 0) is 74.4 Å². The number of ketones is 1. The van der Waals surface area contributed by atoms with Gasteiger partial charge in [-0.25, -0.2) is 19.6 Å². The van der Waals surface area contributed by atoms with E-state index in [0.29, 0.717) is 25.0 Å². The van der Waals surface area contributed by atoms with Crippen LogP contribution in [0.15, 0.2) is 77.9 Å². The number of fused-ring (bicyclic) bond motifs is 1. The second-order valence-corrected chi connectivity index (χ2v) is 13.4. The first-order valence-corrected chi connectivity index (χ1v) is 17.6. The molecule has 1 spiro atoms. The van der Waals surface area contributed by atoms with Crippen LogP contribution in [0.1, 0.15) is 87.7 Å². The average Bonchev–Trinajstić information content (AvgIpc) is 3.54. The van der Waals surface area contributed by atoms with Crippen LogP contribution in [0.5, 0.6) is 0 Å². The quantitative estimate of drug-likeness (QED) is 0.175. The number of ether oxygens (including phenoxy) is 2. The molecule has 2 atom stereocenters. The standard InChI is InChI=1S/C39H43N5O5/c1-2-48-37(46)31(41-33-25-34(45)39(33)20-8-4-9-21-39)24-27-16-18-29(19-17-27)44-35-30(14-11-22-40-35)42-36(44)32-15-7-10-23-43(32)38(47)49-26-28-12-5-3-6-13-28/h3,5-6,11-14,16-19,22,31-32H,2,4,7-10,15,20-21,23-26H2,1H3/t31-,32+/m0/s1. The molecule has 1 amide bonds. The summed E-state index contributed by atoms with van der Waals surface area (Å²) >= 11 is 0. The number of Topliss-reactive ketones (excluding diaryl/α,β-unsaturated/α-hetero) is 1. The number of hydrogen-bond donors (Lipinski definition) is 0. The third kappa shape index (κ3) is 6.60. The van der Waals surface area contributed by atoms with Crippen LogP contribution >= 0.6 is 0 Å². The molecule has 0 unspecified atom stereocenters. The van der Waals surface area contributed by atoms with E-state index in [1.54, 1.807) is 18.0 Å². The first-order valence-electron chi connectivity index (χ1n) is 17.6. The molecule has 10 nitrogen and oxygen atoms in total. The minimum atomic E-state index is -0.711. The Labute approximate surface area is 286 Å². The number of esters is 1. The average molecular weight is 662 g/mol. The van der Waals surface area contributed by atoms with E-state index in [9.17, 15) is 14.4 Å². The van der Waals surface area contributed by atoms with Crippen molar-refractivity contribution in [3.8, 4) is 5.69 Å². The molecule has 3 heterocycles. The number of carbonyl (C=O) groups is 3. The first kappa shape index (κ1) is 32.7. The Kier molecular flexibility index (Phi) is 9.55. The minimum absolute atomic E-state index is 0.206. The van der Waals surface area contributed by atoms with Crippen molar-refractivity contribution >= 4 is 34.7 Å². The SMILES string of the molecule is CCOC(=O)[C@H](Cc1ccc(-n2c([C@H]3CCCCN3C(=O)OCc3ccccc3)nc3cccnc32)cc1)N=C1CC(=O)C12CCCCC2. The Morgan fingerprint density at radius 2 is 1.73 bits per heavy atom. The molecule has 10 heteroatoms. The molecule has 2 aromatic carbocycles. The van der Waals surface area contributed by atoms with Crippen molar-refractivity contribution < 1.29 is 23.9 Å². The number of rotatable bonds is 9. The second-order valence-electron chi connectivity index (χ2n) is 13.4. The van der Waals surface area contributed by atoms with Gasteiger partial charge in [0.1, 0.15) is 23.7 Å². The molecule has 7 rings (SSSR count). The molecule has 3 aliphatic rings. The van der Waals surface area contributed by atoms with Crippen LogP contribution in [-0.4, -0.2) is 62.2 Å². The zero-order chi connectivity index (χ0) is 33.8. The number of piperidine rings is 1. The fourth-order valence-corrected chi connectivity index (χ4v) is 7.68. The third-order valence-electron chi connectivity index (χ3n) is 10.3. The van der Waals surface area contributed by atoms with Crippen LogP contribution in [0.25, 0.3) is 16.9 Å². The van der Waals surface area contributed by atoms with Gasteiger partial charge in [-0.2, -0.15) is 0 Å². The topological polar surface area (TPSA) is 116 Å². The van der Waals surface area contributed by atoms with Crippen molar-refractivity contribution in [2.75, 3.05) is 13.2 Å².